The van der Waals surface area contributed by atoms with Gasteiger partial charge in [0, 0.05) is 28.3 Å². The molecule has 0 aromatic carbocycles. The van der Waals surface area contributed by atoms with Crippen molar-refractivity contribution in [1.29, 1.82) is 0 Å². The number of carbonyl (C=O) groups excluding carboxylic acids is 1. The second-order valence-electron chi connectivity index (χ2n) is 9.04. The molecule has 1 aliphatic carbocycles. The molecule has 2 atom stereocenters. The van der Waals surface area contributed by atoms with Crippen molar-refractivity contribution in [2.24, 2.45) is 5.92 Å². The molecule has 0 bridgehead atoms. The zero-order chi connectivity index (χ0) is 23.8. The second-order valence-corrected chi connectivity index (χ2v) is 9.04. The Morgan fingerprint density at radius 3 is 2.29 bits per heavy atom. The second kappa shape index (κ2) is 8.76. The number of nitrogens with zero attached hydrogens (tertiary/aromatic N) is 1. The van der Waals surface area contributed by atoms with E-state index in [1.165, 1.54) is 30.7 Å². The zero-order valence-corrected chi connectivity index (χ0v) is 18.6. The van der Waals surface area contributed by atoms with Gasteiger partial charge in [-0.2, -0.15) is 13.2 Å². The summed E-state index contributed by atoms with van der Waals surface area (Å²) in [6.07, 6.45) is -0.734. The molecule has 174 valence electrons. The van der Waals surface area contributed by atoms with E-state index < -0.39 is 54.0 Å². The molecule has 2 N–H and O–H groups in total. The largest absolute Gasteiger partial charge is 0.413 e. The van der Waals surface area contributed by atoms with Crippen molar-refractivity contribution in [2.45, 2.75) is 64.7 Å². The number of amides is 1. The summed E-state index contributed by atoms with van der Waals surface area (Å²) < 4.78 is 69.7. The Kier molecular flexibility index (Phi) is 7.10. The van der Waals surface area contributed by atoms with Crippen molar-refractivity contribution in [3.05, 3.63) is 46.8 Å². The van der Waals surface area contributed by atoms with Gasteiger partial charge in [0.25, 0.3) is 11.8 Å². The van der Waals surface area contributed by atoms with Gasteiger partial charge in [0.15, 0.2) is 0 Å². The molecule has 1 aromatic rings. The normalized spacial score (nSPS) is 20.0. The fourth-order valence-corrected chi connectivity index (χ4v) is 3.79. The summed E-state index contributed by atoms with van der Waals surface area (Å²) >= 11 is 0. The van der Waals surface area contributed by atoms with Gasteiger partial charge in [0.2, 0.25) is 0 Å². The maximum Gasteiger partial charge on any atom is 0.413 e. The van der Waals surface area contributed by atoms with E-state index in [1.807, 2.05) is 20.8 Å². The fraction of sp³-hybridized carbons (Fsp3) is 0.591. The number of hydrogen-bond donors (Lipinski definition) is 2. The average Bonchev–Trinajstić information content (AvgIpc) is 2.92. The van der Waals surface area contributed by atoms with Crippen LogP contribution in [0.15, 0.2) is 29.9 Å². The smallest absolute Gasteiger partial charge is 0.345 e. The molecule has 1 aromatic heterocycles. The number of hydrogen-bond acceptors (Lipinski definition) is 2. The van der Waals surface area contributed by atoms with Crippen LogP contribution in [0, 0.1) is 12.8 Å². The van der Waals surface area contributed by atoms with Crippen molar-refractivity contribution < 1.29 is 26.7 Å². The fourth-order valence-electron chi connectivity index (χ4n) is 3.79. The number of allylic oxidation sites excluding steroid dienone is 2. The summed E-state index contributed by atoms with van der Waals surface area (Å²) in [7, 11) is 1.43. The van der Waals surface area contributed by atoms with Gasteiger partial charge in [0.1, 0.15) is 0 Å². The Bertz CT molecular complexity index is 875. The molecule has 2 rings (SSSR count). The van der Waals surface area contributed by atoms with E-state index in [-0.39, 0.29) is 5.56 Å². The van der Waals surface area contributed by atoms with Gasteiger partial charge in [-0.15, -0.1) is 0 Å². The summed E-state index contributed by atoms with van der Waals surface area (Å²) in [5.74, 6) is -4.61. The van der Waals surface area contributed by atoms with Crippen LogP contribution in [-0.2, 0) is 12.0 Å². The van der Waals surface area contributed by atoms with Crippen LogP contribution in [0.25, 0.3) is 0 Å². The van der Waals surface area contributed by atoms with Crippen molar-refractivity contribution in [2.75, 3.05) is 13.6 Å². The first-order valence-electron chi connectivity index (χ1n) is 10.1. The number of aromatic nitrogens is 1. The lowest BCUT2D eigenvalue weighted by Crippen LogP contribution is -2.42. The number of nitrogens with one attached hydrogen (secondary N) is 2. The summed E-state index contributed by atoms with van der Waals surface area (Å²) in [5.41, 5.74) is -0.180. The monoisotopic (exact) mass is 447 g/mol. The zero-order valence-electron chi connectivity index (χ0n) is 18.6. The van der Waals surface area contributed by atoms with Crippen molar-refractivity contribution in [1.82, 2.24) is 15.2 Å². The minimum absolute atomic E-state index is 0.175. The van der Waals surface area contributed by atoms with Gasteiger partial charge >= 0.3 is 6.18 Å². The highest BCUT2D eigenvalue weighted by atomic mass is 19.4. The standard InChI is InChI=1S/C22H30F5N3O/c1-13-16(22(25,26)27)8-7-9-17(13)29-19(31)15-10-18(20(3,4)5)30(14(15)2)12-21(23,24)11-28-6/h7-10,13,17,28H,11-12H2,1-6H3,(H,29,31). The third-order valence-corrected chi connectivity index (χ3v) is 5.45. The SMILES string of the molecule is CNCC(F)(F)Cn1c(C(C)(C)C)cc(C(=O)NC2C=CC=C(C(F)(F)F)C2C)c1C. The van der Waals surface area contributed by atoms with Crippen LogP contribution < -0.4 is 10.6 Å². The predicted molar refractivity (Wildman–Crippen MR) is 110 cm³/mol. The van der Waals surface area contributed by atoms with E-state index in [2.05, 4.69) is 10.6 Å². The van der Waals surface area contributed by atoms with Gasteiger partial charge in [-0.25, -0.2) is 8.78 Å². The number of alkyl halides is 5. The van der Waals surface area contributed by atoms with Gasteiger partial charge in [-0.3, -0.25) is 4.79 Å². The highest BCUT2D eigenvalue weighted by Gasteiger charge is 2.40. The lowest BCUT2D eigenvalue weighted by molar-refractivity contribution is -0.0993. The number of halogens is 5. The van der Waals surface area contributed by atoms with Crippen molar-refractivity contribution in [3.63, 3.8) is 0 Å². The molecular weight excluding hydrogens is 417 g/mol. The molecule has 1 heterocycles. The van der Waals surface area contributed by atoms with Crippen LogP contribution in [0.4, 0.5) is 22.0 Å². The van der Waals surface area contributed by atoms with E-state index in [0.717, 1.165) is 6.08 Å². The molecule has 0 radical (unpaired) electrons. The third-order valence-electron chi connectivity index (χ3n) is 5.45. The highest BCUT2D eigenvalue weighted by molar-refractivity contribution is 5.96. The molecule has 4 nitrogen and oxygen atoms in total. The van der Waals surface area contributed by atoms with Crippen molar-refractivity contribution >= 4 is 5.91 Å². The first-order valence-corrected chi connectivity index (χ1v) is 10.1. The van der Waals surface area contributed by atoms with E-state index in [4.69, 9.17) is 0 Å². The summed E-state index contributed by atoms with van der Waals surface area (Å²) in [6.45, 7) is 7.38. The molecule has 0 fully saturated rings. The van der Waals surface area contributed by atoms with Crippen molar-refractivity contribution in [3.8, 4) is 0 Å². The molecule has 0 saturated carbocycles. The molecule has 31 heavy (non-hydrogen) atoms. The quantitative estimate of drug-likeness (QED) is 0.619. The summed E-state index contributed by atoms with van der Waals surface area (Å²) in [4.78, 5) is 13.0. The first-order chi connectivity index (χ1) is 14.1. The molecule has 0 saturated heterocycles. The average molecular weight is 447 g/mol. The molecule has 1 aliphatic rings. The molecule has 2 unspecified atom stereocenters. The van der Waals surface area contributed by atoms with E-state index in [9.17, 15) is 26.7 Å². The highest BCUT2D eigenvalue weighted by Crippen LogP contribution is 2.36. The topological polar surface area (TPSA) is 46.1 Å². The Hall–Kier alpha value is -2.16. The Balaban J connectivity index is 2.35. The summed E-state index contributed by atoms with van der Waals surface area (Å²) in [6, 6.07) is 0.693. The maximum atomic E-state index is 14.3. The Morgan fingerprint density at radius 2 is 1.77 bits per heavy atom. The van der Waals surface area contributed by atoms with Crippen LogP contribution in [0.1, 0.15) is 49.4 Å². The van der Waals surface area contributed by atoms with Crippen LogP contribution in [0.2, 0.25) is 0 Å². The van der Waals surface area contributed by atoms with Gasteiger partial charge in [-0.05, 0) is 20.0 Å². The maximum absolute atomic E-state index is 14.3. The number of rotatable bonds is 6. The molecule has 1 amide bonds. The minimum Gasteiger partial charge on any atom is -0.345 e. The lowest BCUT2D eigenvalue weighted by atomic mass is 9.88. The summed E-state index contributed by atoms with van der Waals surface area (Å²) in [5, 5.41) is 5.09. The van der Waals surface area contributed by atoms with Gasteiger partial charge in [-0.1, -0.05) is 45.9 Å². The molecule has 0 aliphatic heterocycles. The minimum atomic E-state index is -4.50. The lowest BCUT2D eigenvalue weighted by Gasteiger charge is -2.28. The Labute approximate surface area is 179 Å². The van der Waals surface area contributed by atoms with Gasteiger partial charge < -0.3 is 15.2 Å². The molecule has 9 heteroatoms. The molecular formula is C22H30F5N3O. The van der Waals surface area contributed by atoms with Crippen LogP contribution in [0.5, 0.6) is 0 Å². The van der Waals surface area contributed by atoms with E-state index >= 15 is 0 Å². The van der Waals surface area contributed by atoms with Crippen LogP contribution in [0.3, 0.4) is 0 Å². The predicted octanol–water partition coefficient (Wildman–Crippen LogP) is 4.74. The van der Waals surface area contributed by atoms with Crippen LogP contribution in [-0.4, -0.2) is 42.2 Å². The van der Waals surface area contributed by atoms with E-state index in [0.29, 0.717) is 11.4 Å². The van der Waals surface area contributed by atoms with Gasteiger partial charge in [0.05, 0.1) is 24.7 Å². The Morgan fingerprint density at radius 1 is 1.16 bits per heavy atom. The van der Waals surface area contributed by atoms with Crippen LogP contribution >= 0.6 is 0 Å². The number of carbonyl (C=O) groups is 1. The third kappa shape index (κ3) is 5.75. The first kappa shape index (κ1) is 25.1. The van der Waals surface area contributed by atoms with E-state index in [1.54, 1.807) is 13.0 Å². The molecule has 0 spiro atoms.